The summed E-state index contributed by atoms with van der Waals surface area (Å²) in [4.78, 5) is 2.20. The van der Waals surface area contributed by atoms with Crippen LogP contribution in [-0.2, 0) is 22.9 Å². The second kappa shape index (κ2) is 7.48. The van der Waals surface area contributed by atoms with Crippen molar-refractivity contribution in [3.05, 3.63) is 35.5 Å². The standard InChI is InChI=1S/C19H29N3O2S/c1-21(2)11-9-16-14-22(17-5-3-4-6-17)19-8-7-15(13-18(16)19)10-12-25(20,23)24/h7-8,13-14,17H,3-6,9-12H2,1-2H3,(H2,20,23,24). The van der Waals surface area contributed by atoms with Gasteiger partial charge in [-0.05, 0) is 63.0 Å². The van der Waals surface area contributed by atoms with E-state index in [4.69, 9.17) is 5.14 Å². The number of fused-ring (bicyclic) bond motifs is 1. The molecule has 5 nitrogen and oxygen atoms in total. The summed E-state index contributed by atoms with van der Waals surface area (Å²) in [5.41, 5.74) is 3.67. The first-order chi connectivity index (χ1) is 11.8. The van der Waals surface area contributed by atoms with Crippen molar-refractivity contribution in [2.24, 2.45) is 5.14 Å². The molecule has 0 amide bonds. The highest BCUT2D eigenvalue weighted by Crippen LogP contribution is 2.35. The predicted octanol–water partition coefficient (Wildman–Crippen LogP) is 2.69. The number of aryl methyl sites for hydroxylation is 1. The summed E-state index contributed by atoms with van der Waals surface area (Å²) in [6.45, 7) is 1.01. The maximum atomic E-state index is 11.3. The van der Waals surface area contributed by atoms with Gasteiger partial charge in [-0.15, -0.1) is 0 Å². The second-order valence-electron chi connectivity index (χ2n) is 7.52. The average Bonchev–Trinajstić information content (AvgIpc) is 3.17. The normalized spacial score (nSPS) is 16.3. The van der Waals surface area contributed by atoms with Crippen molar-refractivity contribution >= 4 is 20.9 Å². The Labute approximate surface area is 150 Å². The number of aromatic nitrogens is 1. The molecule has 1 heterocycles. The van der Waals surface area contributed by atoms with Crippen LogP contribution in [0.5, 0.6) is 0 Å². The van der Waals surface area contributed by atoms with Gasteiger partial charge in [-0.25, -0.2) is 13.6 Å². The summed E-state index contributed by atoms with van der Waals surface area (Å²) in [6, 6.07) is 6.97. The van der Waals surface area contributed by atoms with Gasteiger partial charge in [0.2, 0.25) is 10.0 Å². The zero-order valence-corrected chi connectivity index (χ0v) is 16.1. The van der Waals surface area contributed by atoms with Gasteiger partial charge in [0.15, 0.2) is 0 Å². The highest BCUT2D eigenvalue weighted by atomic mass is 32.2. The number of primary sulfonamides is 1. The number of sulfonamides is 1. The van der Waals surface area contributed by atoms with Crippen LogP contribution in [0.15, 0.2) is 24.4 Å². The SMILES string of the molecule is CN(C)CCc1cn(C2CCCC2)c2ccc(CCS(N)(=O)=O)cc12. The van der Waals surface area contributed by atoms with Crippen LogP contribution in [0.1, 0.15) is 42.9 Å². The van der Waals surface area contributed by atoms with Gasteiger partial charge in [0.05, 0.1) is 5.75 Å². The summed E-state index contributed by atoms with van der Waals surface area (Å²) < 4.78 is 25.0. The summed E-state index contributed by atoms with van der Waals surface area (Å²) in [7, 11) is 0.755. The van der Waals surface area contributed by atoms with Crippen LogP contribution in [0, 0.1) is 0 Å². The molecule has 1 aliphatic rings. The van der Waals surface area contributed by atoms with Crippen molar-refractivity contribution in [1.82, 2.24) is 9.47 Å². The number of rotatable bonds is 7. The average molecular weight is 364 g/mol. The fraction of sp³-hybridized carbons (Fsp3) is 0.579. The van der Waals surface area contributed by atoms with Gasteiger partial charge in [-0.3, -0.25) is 0 Å². The van der Waals surface area contributed by atoms with E-state index in [1.807, 2.05) is 0 Å². The van der Waals surface area contributed by atoms with Gasteiger partial charge in [-0.1, -0.05) is 18.9 Å². The first kappa shape index (κ1) is 18.4. The fourth-order valence-electron chi connectivity index (χ4n) is 3.82. The van der Waals surface area contributed by atoms with E-state index in [9.17, 15) is 8.42 Å². The fourth-order valence-corrected chi connectivity index (χ4v) is 4.34. The Morgan fingerprint density at radius 1 is 1.20 bits per heavy atom. The molecule has 0 saturated heterocycles. The minimum Gasteiger partial charge on any atom is -0.344 e. The van der Waals surface area contributed by atoms with Crippen LogP contribution in [0.25, 0.3) is 10.9 Å². The third-order valence-corrected chi connectivity index (χ3v) is 5.97. The number of hydrogen-bond acceptors (Lipinski definition) is 3. The van der Waals surface area contributed by atoms with Gasteiger partial charge in [0.1, 0.15) is 0 Å². The Morgan fingerprint density at radius 3 is 2.56 bits per heavy atom. The molecule has 0 unspecified atom stereocenters. The van der Waals surface area contributed by atoms with Crippen molar-refractivity contribution < 1.29 is 8.42 Å². The predicted molar refractivity (Wildman–Crippen MR) is 103 cm³/mol. The maximum absolute atomic E-state index is 11.3. The van der Waals surface area contributed by atoms with Crippen LogP contribution in [0.3, 0.4) is 0 Å². The van der Waals surface area contributed by atoms with E-state index in [0.717, 1.165) is 18.5 Å². The van der Waals surface area contributed by atoms with Crippen molar-refractivity contribution in [3.63, 3.8) is 0 Å². The molecule has 1 aromatic carbocycles. The molecule has 2 N–H and O–H groups in total. The Bertz CT molecular complexity index is 834. The third kappa shape index (κ3) is 4.63. The molecule has 25 heavy (non-hydrogen) atoms. The van der Waals surface area contributed by atoms with E-state index in [1.165, 1.54) is 42.1 Å². The lowest BCUT2D eigenvalue weighted by atomic mass is 10.1. The van der Waals surface area contributed by atoms with Crippen LogP contribution < -0.4 is 5.14 Å². The molecule has 1 saturated carbocycles. The lowest BCUT2D eigenvalue weighted by molar-refractivity contribution is 0.413. The number of hydrogen-bond donors (Lipinski definition) is 1. The molecule has 2 aromatic rings. The smallest absolute Gasteiger partial charge is 0.209 e. The van der Waals surface area contributed by atoms with Crippen LogP contribution in [-0.4, -0.2) is 44.3 Å². The molecule has 1 aliphatic carbocycles. The van der Waals surface area contributed by atoms with Crippen LogP contribution >= 0.6 is 0 Å². The Morgan fingerprint density at radius 2 is 1.92 bits per heavy atom. The zero-order chi connectivity index (χ0) is 18.0. The minimum atomic E-state index is -3.43. The lowest BCUT2D eigenvalue weighted by Crippen LogP contribution is -2.17. The largest absolute Gasteiger partial charge is 0.344 e. The Kier molecular flexibility index (Phi) is 5.51. The third-order valence-electron chi connectivity index (χ3n) is 5.20. The molecule has 0 bridgehead atoms. The molecule has 3 rings (SSSR count). The number of benzene rings is 1. The van der Waals surface area contributed by atoms with E-state index >= 15 is 0 Å². The van der Waals surface area contributed by atoms with Gasteiger partial charge in [-0.2, -0.15) is 0 Å². The van der Waals surface area contributed by atoms with Crippen molar-refractivity contribution in [2.75, 3.05) is 26.4 Å². The van der Waals surface area contributed by atoms with E-state index in [2.05, 4.69) is 48.0 Å². The molecule has 0 spiro atoms. The molecule has 138 valence electrons. The molecule has 1 aromatic heterocycles. The molecule has 0 atom stereocenters. The maximum Gasteiger partial charge on any atom is 0.209 e. The Hall–Kier alpha value is -1.37. The Balaban J connectivity index is 1.95. The molecular weight excluding hydrogens is 334 g/mol. The van der Waals surface area contributed by atoms with Gasteiger partial charge < -0.3 is 9.47 Å². The van der Waals surface area contributed by atoms with E-state index in [1.54, 1.807) is 0 Å². The van der Waals surface area contributed by atoms with E-state index < -0.39 is 10.0 Å². The van der Waals surface area contributed by atoms with Gasteiger partial charge >= 0.3 is 0 Å². The first-order valence-corrected chi connectivity index (χ1v) is 10.8. The topological polar surface area (TPSA) is 68.3 Å². The van der Waals surface area contributed by atoms with Crippen LogP contribution in [0.2, 0.25) is 0 Å². The molecule has 1 fully saturated rings. The minimum absolute atomic E-state index is 0.00509. The quantitative estimate of drug-likeness (QED) is 0.822. The summed E-state index contributed by atoms with van der Waals surface area (Å²) >= 11 is 0. The van der Waals surface area contributed by atoms with Gasteiger partial charge in [0.25, 0.3) is 0 Å². The lowest BCUT2D eigenvalue weighted by Gasteiger charge is -2.13. The number of nitrogens with two attached hydrogens (primary N) is 1. The molecule has 0 aliphatic heterocycles. The highest BCUT2D eigenvalue weighted by molar-refractivity contribution is 7.89. The van der Waals surface area contributed by atoms with E-state index in [0.29, 0.717) is 12.5 Å². The molecule has 6 heteroatoms. The first-order valence-electron chi connectivity index (χ1n) is 9.11. The summed E-state index contributed by atoms with van der Waals surface area (Å²) in [6.07, 6.45) is 8.92. The molecular formula is C19H29N3O2S. The van der Waals surface area contributed by atoms with Crippen molar-refractivity contribution in [1.29, 1.82) is 0 Å². The number of likely N-dealkylation sites (N-methyl/N-ethyl adjacent to an activating group) is 1. The van der Waals surface area contributed by atoms with Crippen molar-refractivity contribution in [2.45, 2.75) is 44.6 Å². The van der Waals surface area contributed by atoms with Crippen LogP contribution in [0.4, 0.5) is 0 Å². The summed E-state index contributed by atoms with van der Waals surface area (Å²) in [5.74, 6) is -0.00509. The monoisotopic (exact) mass is 363 g/mol. The zero-order valence-electron chi connectivity index (χ0n) is 15.2. The highest BCUT2D eigenvalue weighted by Gasteiger charge is 2.20. The van der Waals surface area contributed by atoms with E-state index in [-0.39, 0.29) is 5.75 Å². The van der Waals surface area contributed by atoms with Gasteiger partial charge in [0, 0.05) is 29.7 Å². The second-order valence-corrected chi connectivity index (χ2v) is 9.26. The number of nitrogens with zero attached hydrogens (tertiary/aromatic N) is 2. The summed E-state index contributed by atoms with van der Waals surface area (Å²) in [5, 5.41) is 6.42. The molecule has 0 radical (unpaired) electrons. The van der Waals surface area contributed by atoms with Crippen molar-refractivity contribution in [3.8, 4) is 0 Å².